The van der Waals surface area contributed by atoms with Crippen LogP contribution in [0, 0.1) is 5.92 Å². The highest BCUT2D eigenvalue weighted by Crippen LogP contribution is 2.18. The monoisotopic (exact) mass is 330 g/mol. The van der Waals surface area contributed by atoms with Gasteiger partial charge in [0.2, 0.25) is 0 Å². The standard InChI is InChI=1S/C14H19ClN2O3S/c1-2-3-12-6-11(7-13(15)17-12)14(18)16-8-10-4-5-21(19,20)9-10/h6-7,10H,2-5,8-9H2,1H3,(H,16,18). The highest BCUT2D eigenvalue weighted by Gasteiger charge is 2.28. The van der Waals surface area contributed by atoms with E-state index in [0.29, 0.717) is 23.7 Å². The molecule has 1 unspecified atom stereocenters. The summed E-state index contributed by atoms with van der Waals surface area (Å²) in [6.07, 6.45) is 2.30. The first kappa shape index (κ1) is 16.2. The second-order valence-electron chi connectivity index (χ2n) is 5.40. The van der Waals surface area contributed by atoms with E-state index >= 15 is 0 Å². The first-order valence-electron chi connectivity index (χ1n) is 7.04. The number of aromatic nitrogens is 1. The number of hydrogen-bond donors (Lipinski definition) is 1. The van der Waals surface area contributed by atoms with E-state index in [0.717, 1.165) is 18.5 Å². The maximum absolute atomic E-state index is 12.1. The lowest BCUT2D eigenvalue weighted by atomic mass is 10.1. The van der Waals surface area contributed by atoms with E-state index in [-0.39, 0.29) is 23.3 Å². The van der Waals surface area contributed by atoms with Crippen molar-refractivity contribution in [2.45, 2.75) is 26.2 Å². The molecule has 21 heavy (non-hydrogen) atoms. The lowest BCUT2D eigenvalue weighted by Crippen LogP contribution is -2.30. The Kier molecular flexibility index (Phi) is 5.22. The van der Waals surface area contributed by atoms with Crippen molar-refractivity contribution in [3.63, 3.8) is 0 Å². The van der Waals surface area contributed by atoms with Gasteiger partial charge in [0.1, 0.15) is 5.15 Å². The van der Waals surface area contributed by atoms with Crippen LogP contribution >= 0.6 is 11.6 Å². The number of aryl methyl sites for hydroxylation is 1. The average Bonchev–Trinajstić information content (AvgIpc) is 2.75. The molecule has 0 aliphatic carbocycles. The summed E-state index contributed by atoms with van der Waals surface area (Å²) >= 11 is 5.92. The molecule has 1 aliphatic heterocycles. The van der Waals surface area contributed by atoms with Crippen molar-refractivity contribution in [2.75, 3.05) is 18.1 Å². The minimum atomic E-state index is -2.91. The largest absolute Gasteiger partial charge is 0.352 e. The summed E-state index contributed by atoms with van der Waals surface area (Å²) in [6, 6.07) is 3.26. The minimum absolute atomic E-state index is 0.00590. The van der Waals surface area contributed by atoms with Crippen LogP contribution in [-0.2, 0) is 16.3 Å². The average molecular weight is 331 g/mol. The van der Waals surface area contributed by atoms with Gasteiger partial charge in [0.05, 0.1) is 11.5 Å². The summed E-state index contributed by atoms with van der Waals surface area (Å²) in [7, 11) is -2.91. The van der Waals surface area contributed by atoms with Gasteiger partial charge < -0.3 is 5.32 Å². The van der Waals surface area contributed by atoms with Gasteiger partial charge in [0.25, 0.3) is 5.91 Å². The van der Waals surface area contributed by atoms with Crippen molar-refractivity contribution in [3.05, 3.63) is 28.5 Å². The van der Waals surface area contributed by atoms with Gasteiger partial charge in [-0.05, 0) is 30.9 Å². The molecule has 1 amide bonds. The molecule has 1 atom stereocenters. The quantitative estimate of drug-likeness (QED) is 0.836. The zero-order chi connectivity index (χ0) is 15.5. The number of halogens is 1. The fourth-order valence-corrected chi connectivity index (χ4v) is 4.53. The molecule has 1 aromatic rings. The summed E-state index contributed by atoms with van der Waals surface area (Å²) < 4.78 is 22.8. The Balaban J connectivity index is 1.97. The summed E-state index contributed by atoms with van der Waals surface area (Å²) in [5.41, 5.74) is 1.26. The molecule has 0 radical (unpaired) electrons. The van der Waals surface area contributed by atoms with Crippen LogP contribution in [0.4, 0.5) is 0 Å². The van der Waals surface area contributed by atoms with Gasteiger partial charge in [-0.3, -0.25) is 4.79 Å². The molecule has 1 N–H and O–H groups in total. The highest BCUT2D eigenvalue weighted by molar-refractivity contribution is 7.91. The maximum atomic E-state index is 12.1. The van der Waals surface area contributed by atoms with E-state index in [9.17, 15) is 13.2 Å². The minimum Gasteiger partial charge on any atom is -0.352 e. The molecule has 1 fully saturated rings. The maximum Gasteiger partial charge on any atom is 0.251 e. The Hall–Kier alpha value is -1.14. The number of hydrogen-bond acceptors (Lipinski definition) is 4. The number of sulfone groups is 1. The molecular formula is C14H19ClN2O3S. The van der Waals surface area contributed by atoms with E-state index in [1.807, 2.05) is 6.92 Å². The van der Waals surface area contributed by atoms with Crippen molar-refractivity contribution in [1.82, 2.24) is 10.3 Å². The molecule has 2 heterocycles. The predicted octanol–water partition coefficient (Wildman–Crippen LogP) is 1.85. The fraction of sp³-hybridized carbons (Fsp3) is 0.571. The van der Waals surface area contributed by atoms with Gasteiger partial charge in [0.15, 0.2) is 9.84 Å². The number of carbonyl (C=O) groups excluding carboxylic acids is 1. The summed E-state index contributed by atoms with van der Waals surface area (Å²) in [4.78, 5) is 16.3. The van der Waals surface area contributed by atoms with Crippen molar-refractivity contribution < 1.29 is 13.2 Å². The summed E-state index contributed by atoms with van der Waals surface area (Å²) in [5.74, 6) is 0.146. The van der Waals surface area contributed by atoms with Crippen LogP contribution in [0.1, 0.15) is 35.8 Å². The third-order valence-electron chi connectivity index (χ3n) is 3.49. The number of amides is 1. The number of pyridine rings is 1. The third-order valence-corrected chi connectivity index (χ3v) is 5.52. The molecule has 7 heteroatoms. The number of carbonyl (C=O) groups is 1. The molecule has 1 aromatic heterocycles. The normalized spacial score (nSPS) is 20.4. The van der Waals surface area contributed by atoms with Gasteiger partial charge in [0, 0.05) is 17.8 Å². The van der Waals surface area contributed by atoms with Gasteiger partial charge in [-0.15, -0.1) is 0 Å². The van der Waals surface area contributed by atoms with Crippen molar-refractivity contribution in [2.24, 2.45) is 5.92 Å². The van der Waals surface area contributed by atoms with Crippen molar-refractivity contribution >= 4 is 27.3 Å². The van der Waals surface area contributed by atoms with Crippen molar-refractivity contribution in [1.29, 1.82) is 0 Å². The second-order valence-corrected chi connectivity index (χ2v) is 8.01. The van der Waals surface area contributed by atoms with E-state index in [1.54, 1.807) is 6.07 Å². The van der Waals surface area contributed by atoms with Crippen LogP contribution < -0.4 is 5.32 Å². The summed E-state index contributed by atoms with van der Waals surface area (Å²) in [5, 5.41) is 3.09. The molecule has 116 valence electrons. The lowest BCUT2D eigenvalue weighted by Gasteiger charge is -2.10. The van der Waals surface area contributed by atoms with Crippen LogP contribution in [0.5, 0.6) is 0 Å². The topological polar surface area (TPSA) is 76.1 Å². The number of nitrogens with zero attached hydrogens (tertiary/aromatic N) is 1. The number of nitrogens with one attached hydrogen (secondary N) is 1. The van der Waals surface area contributed by atoms with E-state index < -0.39 is 9.84 Å². The molecule has 0 saturated carbocycles. The predicted molar refractivity (Wildman–Crippen MR) is 82.3 cm³/mol. The Bertz CT molecular complexity index is 631. The van der Waals surface area contributed by atoms with E-state index in [1.165, 1.54) is 6.07 Å². The Morgan fingerprint density at radius 1 is 1.48 bits per heavy atom. The Labute approximate surface area is 130 Å². The molecular weight excluding hydrogens is 312 g/mol. The summed E-state index contributed by atoms with van der Waals surface area (Å²) in [6.45, 7) is 2.41. The Morgan fingerprint density at radius 2 is 2.24 bits per heavy atom. The van der Waals surface area contributed by atoms with Crippen LogP contribution in [0.3, 0.4) is 0 Å². The molecule has 1 saturated heterocycles. The van der Waals surface area contributed by atoms with Crippen LogP contribution in [0.25, 0.3) is 0 Å². The van der Waals surface area contributed by atoms with Gasteiger partial charge in [-0.2, -0.15) is 0 Å². The highest BCUT2D eigenvalue weighted by atomic mass is 35.5. The molecule has 2 rings (SSSR count). The van der Waals surface area contributed by atoms with E-state index in [4.69, 9.17) is 11.6 Å². The Morgan fingerprint density at radius 3 is 2.86 bits per heavy atom. The van der Waals surface area contributed by atoms with Crippen LogP contribution in [0.15, 0.2) is 12.1 Å². The first-order valence-corrected chi connectivity index (χ1v) is 9.24. The SMILES string of the molecule is CCCc1cc(C(=O)NCC2CCS(=O)(=O)C2)cc(Cl)n1. The molecule has 1 aliphatic rings. The molecule has 0 aromatic carbocycles. The first-order chi connectivity index (χ1) is 9.89. The zero-order valence-corrected chi connectivity index (χ0v) is 13.5. The van der Waals surface area contributed by atoms with Gasteiger partial charge in [-0.1, -0.05) is 24.9 Å². The third kappa shape index (κ3) is 4.68. The molecule has 5 nitrogen and oxygen atoms in total. The lowest BCUT2D eigenvalue weighted by molar-refractivity contribution is 0.0948. The molecule has 0 bridgehead atoms. The zero-order valence-electron chi connectivity index (χ0n) is 11.9. The van der Waals surface area contributed by atoms with Gasteiger partial charge >= 0.3 is 0 Å². The van der Waals surface area contributed by atoms with E-state index in [2.05, 4.69) is 10.3 Å². The number of rotatable bonds is 5. The van der Waals surface area contributed by atoms with Crippen LogP contribution in [0.2, 0.25) is 5.15 Å². The van der Waals surface area contributed by atoms with Gasteiger partial charge in [-0.25, -0.2) is 13.4 Å². The molecule has 0 spiro atoms. The van der Waals surface area contributed by atoms with Crippen LogP contribution in [-0.4, -0.2) is 37.4 Å². The second kappa shape index (κ2) is 6.75. The van der Waals surface area contributed by atoms with Crippen molar-refractivity contribution in [3.8, 4) is 0 Å². The fourth-order valence-electron chi connectivity index (χ4n) is 2.44. The smallest absolute Gasteiger partial charge is 0.251 e.